The van der Waals surface area contributed by atoms with E-state index in [1.807, 2.05) is 126 Å². The molecule has 5 aromatic carbocycles. The predicted molar refractivity (Wildman–Crippen MR) is 231 cm³/mol. The maximum absolute atomic E-state index is 13.3. The highest BCUT2D eigenvalue weighted by Crippen LogP contribution is 2.40. The van der Waals surface area contributed by atoms with E-state index >= 15 is 0 Å². The second-order valence-corrected chi connectivity index (χ2v) is 16.3. The number of nitrogens with one attached hydrogen (secondary N) is 2. The Morgan fingerprint density at radius 2 is 1.50 bits per heavy atom. The third kappa shape index (κ3) is 9.12. The normalized spacial score (nSPS) is 21.1. The lowest BCUT2D eigenvalue weighted by Gasteiger charge is -2.40. The van der Waals surface area contributed by atoms with Gasteiger partial charge in [0.2, 0.25) is 5.91 Å². The highest BCUT2D eigenvalue weighted by molar-refractivity contribution is 6.06. The average Bonchev–Trinajstić information content (AvgIpc) is 3.78. The SMILES string of the molecule is O=C(NC1CC(=O)N(Cc2cccc(-c3cccc([C@H]4O[C@@H](CN5CCC(n6c(=O)[nH]c7ccccc76)CC5)C[C@@H](c5ccc(CO)cc5)O4)c3)c2)C1=O)OCc1ccccc1. The Morgan fingerprint density at radius 1 is 0.774 bits per heavy atom. The summed E-state index contributed by atoms with van der Waals surface area (Å²) in [6.45, 7) is 2.44. The van der Waals surface area contributed by atoms with E-state index in [1.54, 1.807) is 0 Å². The number of ether oxygens (including phenoxy) is 3. The number of fused-ring (bicyclic) bond motifs is 1. The zero-order valence-electron chi connectivity index (χ0n) is 34.2. The summed E-state index contributed by atoms with van der Waals surface area (Å²) in [4.78, 5) is 58.4. The first-order valence-corrected chi connectivity index (χ1v) is 21.2. The molecular formula is C49H49N5O8. The number of likely N-dealkylation sites (tertiary alicyclic amines) is 2. The molecule has 3 N–H and O–H groups in total. The van der Waals surface area contributed by atoms with Gasteiger partial charge in [-0.2, -0.15) is 0 Å². The minimum Gasteiger partial charge on any atom is -0.445 e. The molecule has 0 bridgehead atoms. The van der Waals surface area contributed by atoms with E-state index < -0.39 is 24.3 Å². The summed E-state index contributed by atoms with van der Waals surface area (Å²) in [7, 11) is 0. The van der Waals surface area contributed by atoms with Gasteiger partial charge in [-0.15, -0.1) is 0 Å². The second kappa shape index (κ2) is 18.3. The molecule has 13 nitrogen and oxygen atoms in total. The third-order valence-corrected chi connectivity index (χ3v) is 12.1. The van der Waals surface area contributed by atoms with Crippen LogP contribution in [0, 0.1) is 0 Å². The van der Waals surface area contributed by atoms with Crippen LogP contribution in [0.4, 0.5) is 4.79 Å². The number of benzene rings is 5. The second-order valence-electron chi connectivity index (χ2n) is 16.3. The molecule has 1 unspecified atom stereocenters. The summed E-state index contributed by atoms with van der Waals surface area (Å²) < 4.78 is 20.7. The molecule has 62 heavy (non-hydrogen) atoms. The smallest absolute Gasteiger partial charge is 0.408 e. The van der Waals surface area contributed by atoms with Crippen molar-refractivity contribution in [3.8, 4) is 11.1 Å². The number of carbonyl (C=O) groups excluding carboxylic acids is 3. The van der Waals surface area contributed by atoms with Crippen molar-refractivity contribution in [2.24, 2.45) is 0 Å². The van der Waals surface area contributed by atoms with Crippen LogP contribution in [0.3, 0.4) is 0 Å². The first kappa shape index (κ1) is 41.0. The Kier molecular flexibility index (Phi) is 12.1. The van der Waals surface area contributed by atoms with Crippen LogP contribution >= 0.6 is 0 Å². The van der Waals surface area contributed by atoms with Crippen molar-refractivity contribution in [3.63, 3.8) is 0 Å². The molecule has 13 heteroatoms. The first-order chi connectivity index (χ1) is 30.3. The largest absolute Gasteiger partial charge is 0.445 e. The quantitative estimate of drug-likeness (QED) is 0.111. The van der Waals surface area contributed by atoms with Gasteiger partial charge in [-0.3, -0.25) is 19.1 Å². The van der Waals surface area contributed by atoms with Crippen LogP contribution in [-0.2, 0) is 43.6 Å². The minimum atomic E-state index is -0.996. The molecule has 1 aromatic heterocycles. The monoisotopic (exact) mass is 835 g/mol. The first-order valence-electron chi connectivity index (χ1n) is 21.2. The molecule has 3 amide bonds. The van der Waals surface area contributed by atoms with E-state index in [0.29, 0.717) is 13.0 Å². The van der Waals surface area contributed by atoms with Crippen LogP contribution in [0.25, 0.3) is 22.2 Å². The molecular weight excluding hydrogens is 787 g/mol. The van der Waals surface area contributed by atoms with Gasteiger partial charge >= 0.3 is 11.8 Å². The molecule has 3 saturated heterocycles. The number of carbonyl (C=O) groups is 3. The fourth-order valence-corrected chi connectivity index (χ4v) is 8.88. The molecule has 6 aromatic rings. The summed E-state index contributed by atoms with van der Waals surface area (Å²) in [5, 5.41) is 12.2. The molecule has 0 spiro atoms. The standard InChI is InChI=1S/C49H49N5O8/c55-30-32-16-18-35(19-17-32)44-26-40(29-52-22-20-39(21-23-52)54-43-15-5-4-14-41(43)50-48(54)58)61-47(62-44)38-13-7-12-37(25-38)36-11-6-10-34(24-36)28-53-45(56)27-42(46(53)57)51-49(59)60-31-33-8-2-1-3-9-33/h1-19,24-25,39-40,42,44,47,55H,20-23,26-31H2,(H,50,58)(H,51,59)/t40-,42?,44+,47+/m1/s1. The van der Waals surface area contributed by atoms with E-state index in [0.717, 1.165) is 75.9 Å². The maximum atomic E-state index is 13.3. The van der Waals surface area contributed by atoms with Gasteiger partial charge in [0.15, 0.2) is 6.29 Å². The highest BCUT2D eigenvalue weighted by atomic mass is 16.7. The summed E-state index contributed by atoms with van der Waals surface area (Å²) in [6, 6.07) is 39.8. The van der Waals surface area contributed by atoms with Gasteiger partial charge in [0.1, 0.15) is 12.6 Å². The summed E-state index contributed by atoms with van der Waals surface area (Å²) in [5.74, 6) is -0.846. The van der Waals surface area contributed by atoms with Gasteiger partial charge < -0.3 is 34.5 Å². The molecule has 4 atom stereocenters. The lowest BCUT2D eigenvalue weighted by Crippen LogP contribution is -2.43. The Morgan fingerprint density at radius 3 is 2.29 bits per heavy atom. The van der Waals surface area contributed by atoms with E-state index in [1.165, 1.54) is 4.90 Å². The number of imide groups is 1. The van der Waals surface area contributed by atoms with Crippen molar-refractivity contribution in [1.29, 1.82) is 0 Å². The van der Waals surface area contributed by atoms with Gasteiger partial charge in [-0.1, -0.05) is 103 Å². The molecule has 0 aliphatic carbocycles. The van der Waals surface area contributed by atoms with Crippen LogP contribution in [-0.4, -0.2) is 74.1 Å². The number of piperidine rings is 1. The van der Waals surface area contributed by atoms with Crippen LogP contribution in [0.2, 0.25) is 0 Å². The number of aliphatic hydroxyl groups is 1. The zero-order valence-corrected chi connectivity index (χ0v) is 34.2. The van der Waals surface area contributed by atoms with E-state index in [4.69, 9.17) is 14.2 Å². The Hall–Kier alpha value is -6.38. The van der Waals surface area contributed by atoms with E-state index in [-0.39, 0.29) is 56.0 Å². The van der Waals surface area contributed by atoms with Crippen molar-refractivity contribution >= 4 is 28.9 Å². The fraction of sp³-hybridized carbons (Fsp3) is 0.306. The van der Waals surface area contributed by atoms with Crippen LogP contribution < -0.4 is 11.0 Å². The molecule has 9 rings (SSSR count). The Labute approximate surface area is 358 Å². The Bertz CT molecular complexity index is 2600. The van der Waals surface area contributed by atoms with E-state index in [9.17, 15) is 24.3 Å². The van der Waals surface area contributed by atoms with Gasteiger partial charge in [0.05, 0.1) is 42.8 Å². The number of para-hydroxylation sites is 2. The van der Waals surface area contributed by atoms with Gasteiger partial charge in [0, 0.05) is 37.7 Å². The predicted octanol–water partition coefficient (Wildman–Crippen LogP) is 6.93. The lowest BCUT2D eigenvalue weighted by atomic mass is 9.97. The van der Waals surface area contributed by atoms with Crippen molar-refractivity contribution in [1.82, 2.24) is 24.7 Å². The van der Waals surface area contributed by atoms with Crippen molar-refractivity contribution in [2.75, 3.05) is 19.6 Å². The number of aromatic amines is 1. The van der Waals surface area contributed by atoms with Crippen LogP contribution in [0.15, 0.2) is 132 Å². The number of amides is 3. The van der Waals surface area contributed by atoms with Gasteiger partial charge in [-0.25, -0.2) is 9.59 Å². The molecule has 0 radical (unpaired) electrons. The summed E-state index contributed by atoms with van der Waals surface area (Å²) in [6.07, 6.45) is 0.401. The number of hydrogen-bond acceptors (Lipinski definition) is 9. The van der Waals surface area contributed by atoms with E-state index in [2.05, 4.69) is 21.3 Å². The van der Waals surface area contributed by atoms with Crippen molar-refractivity contribution in [2.45, 2.75) is 76.0 Å². The number of H-pyrrole nitrogens is 1. The zero-order chi connectivity index (χ0) is 42.6. The number of nitrogens with zero attached hydrogens (tertiary/aromatic N) is 3. The number of aromatic nitrogens is 2. The lowest BCUT2D eigenvalue weighted by molar-refractivity contribution is -0.253. The number of rotatable bonds is 12. The molecule has 318 valence electrons. The minimum absolute atomic E-state index is 0.0385. The average molecular weight is 836 g/mol. The Balaban J connectivity index is 0.872. The van der Waals surface area contributed by atoms with Crippen LogP contribution in [0.1, 0.15) is 71.9 Å². The van der Waals surface area contributed by atoms with Crippen molar-refractivity contribution in [3.05, 3.63) is 166 Å². The molecule has 3 aliphatic rings. The number of alkyl carbamates (subject to hydrolysis) is 1. The number of imidazole rings is 1. The summed E-state index contributed by atoms with van der Waals surface area (Å²) in [5.41, 5.74) is 7.80. The number of hydrogen-bond donors (Lipinski definition) is 3. The molecule has 3 fully saturated rings. The fourth-order valence-electron chi connectivity index (χ4n) is 8.88. The van der Waals surface area contributed by atoms with Crippen molar-refractivity contribution < 1.29 is 33.7 Å². The molecule has 0 saturated carbocycles. The highest BCUT2D eigenvalue weighted by Gasteiger charge is 2.40. The van der Waals surface area contributed by atoms with Crippen LogP contribution in [0.5, 0.6) is 0 Å². The maximum Gasteiger partial charge on any atom is 0.408 e. The molecule has 3 aliphatic heterocycles. The van der Waals surface area contributed by atoms with Gasteiger partial charge in [0.25, 0.3) is 5.91 Å². The summed E-state index contributed by atoms with van der Waals surface area (Å²) >= 11 is 0. The topological polar surface area (TPSA) is 155 Å². The third-order valence-electron chi connectivity index (χ3n) is 12.1. The molecule has 4 heterocycles. The number of aliphatic hydroxyl groups excluding tert-OH is 1. The van der Waals surface area contributed by atoms with Gasteiger partial charge in [-0.05, 0) is 70.5 Å².